The zero-order valence-electron chi connectivity index (χ0n) is 21.2. The first-order valence-electron chi connectivity index (χ1n) is 11.7. The Balaban J connectivity index is 1.59. The van der Waals surface area contributed by atoms with Crippen molar-refractivity contribution in [3.8, 4) is 17.2 Å². The van der Waals surface area contributed by atoms with E-state index < -0.39 is 11.7 Å². The quantitative estimate of drug-likeness (QED) is 0.465. The summed E-state index contributed by atoms with van der Waals surface area (Å²) in [7, 11) is 6.46. The Morgan fingerprint density at radius 3 is 2.08 bits per heavy atom. The van der Waals surface area contributed by atoms with Crippen molar-refractivity contribution in [2.24, 2.45) is 0 Å². The van der Waals surface area contributed by atoms with Crippen LogP contribution < -0.4 is 24.4 Å². The fourth-order valence-corrected chi connectivity index (χ4v) is 4.23. The molecule has 0 radical (unpaired) electrons. The average Bonchev–Trinajstić information content (AvgIpc) is 2.88. The Morgan fingerprint density at radius 2 is 1.54 bits per heavy atom. The number of methoxy groups -OCH3 is 3. The third-order valence-electron chi connectivity index (χ3n) is 6.26. The van der Waals surface area contributed by atoms with Gasteiger partial charge >= 0.3 is 6.18 Å². The second-order valence-corrected chi connectivity index (χ2v) is 8.72. The highest BCUT2D eigenvalue weighted by molar-refractivity contribution is 5.60. The number of halogens is 3. The van der Waals surface area contributed by atoms with Gasteiger partial charge in [0.15, 0.2) is 11.5 Å². The van der Waals surface area contributed by atoms with E-state index in [1.54, 1.807) is 12.1 Å². The van der Waals surface area contributed by atoms with E-state index in [-0.39, 0.29) is 18.1 Å². The lowest BCUT2D eigenvalue weighted by atomic mass is 10.0. The Hall–Kier alpha value is -3.73. The summed E-state index contributed by atoms with van der Waals surface area (Å²) in [6.45, 7) is 3.87. The molecule has 0 aliphatic carbocycles. The first kappa shape index (κ1) is 26.3. The summed E-state index contributed by atoms with van der Waals surface area (Å²) >= 11 is 0. The van der Waals surface area contributed by atoms with Gasteiger partial charge in [-0.2, -0.15) is 13.2 Å². The minimum Gasteiger partial charge on any atom is -0.493 e. The molecule has 1 aliphatic rings. The molecule has 4 rings (SSSR count). The maximum Gasteiger partial charge on any atom is 0.419 e. The number of alkyl halides is 3. The lowest BCUT2D eigenvalue weighted by molar-refractivity contribution is -0.138. The topological polar surface area (TPSA) is 72.0 Å². The molecule has 1 fully saturated rings. The van der Waals surface area contributed by atoms with Crippen molar-refractivity contribution < 1.29 is 27.4 Å². The standard InChI is InChI=1S/C26H30F3N5O3/c1-33-9-11-34(12-10-33)19-7-5-18(6-8-19)31-25-30-16-20(26(27,28)29)21(32-25)13-17-14-22(35-2)24(37-4)23(15-17)36-3/h5-8,14-16H,9-13H2,1-4H3,(H,30,31,32). The molecule has 2 heterocycles. The van der Waals surface area contributed by atoms with Gasteiger partial charge in [-0.05, 0) is 49.0 Å². The second-order valence-electron chi connectivity index (χ2n) is 8.72. The van der Waals surface area contributed by atoms with Crippen LogP contribution in [0.5, 0.6) is 17.2 Å². The fourth-order valence-electron chi connectivity index (χ4n) is 4.23. The van der Waals surface area contributed by atoms with Crippen LogP contribution in [0.15, 0.2) is 42.6 Å². The summed E-state index contributed by atoms with van der Waals surface area (Å²) in [5, 5.41) is 3.02. The number of anilines is 3. The van der Waals surface area contributed by atoms with Crippen LogP contribution in [0.4, 0.5) is 30.5 Å². The lowest BCUT2D eigenvalue weighted by Gasteiger charge is -2.34. The maximum atomic E-state index is 13.8. The summed E-state index contributed by atoms with van der Waals surface area (Å²) in [5.41, 5.74) is 1.21. The summed E-state index contributed by atoms with van der Waals surface area (Å²) < 4.78 is 57.3. The lowest BCUT2D eigenvalue weighted by Crippen LogP contribution is -2.44. The SMILES string of the molecule is COc1cc(Cc2nc(Nc3ccc(N4CCN(C)CC4)cc3)ncc2C(F)(F)F)cc(OC)c1OC. The van der Waals surface area contributed by atoms with Gasteiger partial charge in [-0.15, -0.1) is 0 Å². The predicted molar refractivity (Wildman–Crippen MR) is 135 cm³/mol. The molecule has 0 saturated carbocycles. The maximum absolute atomic E-state index is 13.8. The zero-order chi connectivity index (χ0) is 26.6. The molecule has 0 unspecified atom stereocenters. The van der Waals surface area contributed by atoms with Crippen molar-refractivity contribution in [2.45, 2.75) is 12.6 Å². The number of rotatable bonds is 8. The number of hydrogen-bond acceptors (Lipinski definition) is 8. The van der Waals surface area contributed by atoms with Crippen LogP contribution in [-0.4, -0.2) is 69.4 Å². The number of piperazine rings is 1. The van der Waals surface area contributed by atoms with Crippen LogP contribution in [-0.2, 0) is 12.6 Å². The van der Waals surface area contributed by atoms with Crippen molar-refractivity contribution in [3.05, 3.63) is 59.4 Å². The Bertz CT molecular complexity index is 1190. The molecule has 1 aliphatic heterocycles. The molecule has 1 saturated heterocycles. The number of ether oxygens (including phenoxy) is 3. The highest BCUT2D eigenvalue weighted by atomic mass is 19.4. The number of nitrogens with one attached hydrogen (secondary N) is 1. The van der Waals surface area contributed by atoms with E-state index in [2.05, 4.69) is 32.1 Å². The minimum absolute atomic E-state index is 0.0720. The normalized spacial score (nSPS) is 14.4. The van der Waals surface area contributed by atoms with E-state index in [4.69, 9.17) is 14.2 Å². The van der Waals surface area contributed by atoms with Crippen LogP contribution in [0.2, 0.25) is 0 Å². The zero-order valence-corrected chi connectivity index (χ0v) is 21.2. The van der Waals surface area contributed by atoms with Gasteiger partial charge in [-0.25, -0.2) is 9.97 Å². The van der Waals surface area contributed by atoms with Crippen molar-refractivity contribution in [1.29, 1.82) is 0 Å². The molecule has 37 heavy (non-hydrogen) atoms. The third kappa shape index (κ3) is 6.16. The van der Waals surface area contributed by atoms with E-state index >= 15 is 0 Å². The molecule has 8 nitrogen and oxygen atoms in total. The minimum atomic E-state index is -4.61. The molecule has 0 amide bonds. The van der Waals surface area contributed by atoms with Gasteiger partial charge in [0.25, 0.3) is 0 Å². The molecule has 1 N–H and O–H groups in total. The average molecular weight is 518 g/mol. The van der Waals surface area contributed by atoms with E-state index in [0.29, 0.717) is 28.5 Å². The van der Waals surface area contributed by atoms with E-state index in [0.717, 1.165) is 38.1 Å². The summed E-state index contributed by atoms with van der Waals surface area (Å²) in [6, 6.07) is 10.9. The van der Waals surface area contributed by atoms with Crippen molar-refractivity contribution in [3.63, 3.8) is 0 Å². The van der Waals surface area contributed by atoms with E-state index in [1.807, 2.05) is 24.3 Å². The van der Waals surface area contributed by atoms with E-state index in [1.165, 1.54) is 21.3 Å². The number of aromatic nitrogens is 2. The van der Waals surface area contributed by atoms with Gasteiger partial charge in [0.05, 0.1) is 32.6 Å². The number of hydrogen-bond donors (Lipinski definition) is 1. The Morgan fingerprint density at radius 1 is 0.919 bits per heavy atom. The largest absolute Gasteiger partial charge is 0.493 e. The van der Waals surface area contributed by atoms with Gasteiger partial charge < -0.3 is 29.3 Å². The number of nitrogens with zero attached hydrogens (tertiary/aromatic N) is 4. The van der Waals surface area contributed by atoms with Gasteiger partial charge in [-0.3, -0.25) is 0 Å². The van der Waals surface area contributed by atoms with Gasteiger partial charge in [0.2, 0.25) is 11.7 Å². The molecule has 3 aromatic rings. The van der Waals surface area contributed by atoms with Crippen LogP contribution in [0.25, 0.3) is 0 Å². The number of likely N-dealkylation sites (N-methyl/N-ethyl adjacent to an activating group) is 1. The highest BCUT2D eigenvalue weighted by Gasteiger charge is 2.35. The Labute approximate surface area is 214 Å². The monoisotopic (exact) mass is 517 g/mol. The molecular formula is C26H30F3N5O3. The van der Waals surface area contributed by atoms with E-state index in [9.17, 15) is 13.2 Å². The Kier molecular flexibility index (Phi) is 7.91. The van der Waals surface area contributed by atoms with Crippen LogP contribution in [0.1, 0.15) is 16.8 Å². The molecule has 0 atom stereocenters. The summed E-state index contributed by atoms with van der Waals surface area (Å²) in [6.07, 6.45) is -3.93. The highest BCUT2D eigenvalue weighted by Crippen LogP contribution is 2.39. The van der Waals surface area contributed by atoms with Gasteiger partial charge in [-0.1, -0.05) is 0 Å². The molecular weight excluding hydrogens is 487 g/mol. The molecule has 0 bridgehead atoms. The molecule has 0 spiro atoms. The molecule has 198 valence electrons. The number of benzene rings is 2. The molecule has 2 aromatic carbocycles. The third-order valence-corrected chi connectivity index (χ3v) is 6.26. The van der Waals surface area contributed by atoms with Crippen LogP contribution >= 0.6 is 0 Å². The van der Waals surface area contributed by atoms with Crippen LogP contribution in [0.3, 0.4) is 0 Å². The van der Waals surface area contributed by atoms with Crippen molar-refractivity contribution >= 4 is 17.3 Å². The summed E-state index contributed by atoms with van der Waals surface area (Å²) in [4.78, 5) is 12.7. The predicted octanol–water partition coefficient (Wildman–Crippen LogP) is 4.61. The first-order chi connectivity index (χ1) is 17.7. The van der Waals surface area contributed by atoms with Crippen LogP contribution in [0, 0.1) is 0 Å². The first-order valence-corrected chi connectivity index (χ1v) is 11.7. The molecule has 1 aromatic heterocycles. The molecule has 11 heteroatoms. The van der Waals surface area contributed by atoms with Crippen molar-refractivity contribution in [2.75, 3.05) is 64.8 Å². The fraction of sp³-hybridized carbons (Fsp3) is 0.385. The van der Waals surface area contributed by atoms with Gasteiger partial charge in [0, 0.05) is 50.2 Å². The smallest absolute Gasteiger partial charge is 0.419 e. The summed E-state index contributed by atoms with van der Waals surface area (Å²) in [5.74, 6) is 1.12. The second kappa shape index (κ2) is 11.1. The van der Waals surface area contributed by atoms with Gasteiger partial charge in [0.1, 0.15) is 0 Å². The van der Waals surface area contributed by atoms with Crippen molar-refractivity contribution in [1.82, 2.24) is 14.9 Å².